The van der Waals surface area contributed by atoms with E-state index in [0.29, 0.717) is 25.2 Å². The fourth-order valence-electron chi connectivity index (χ4n) is 2.65. The number of hydrogen-bond donors (Lipinski definition) is 3. The summed E-state index contributed by atoms with van der Waals surface area (Å²) in [4.78, 5) is 36.7. The molecule has 1 atom stereocenters. The summed E-state index contributed by atoms with van der Waals surface area (Å²) in [5, 5.41) is 5.38. The zero-order chi connectivity index (χ0) is 16.8. The van der Waals surface area contributed by atoms with Crippen LogP contribution in [0.5, 0.6) is 0 Å². The number of nitrogens with two attached hydrogens (primary N) is 1. The quantitative estimate of drug-likeness (QED) is 0.751. The second-order valence-corrected chi connectivity index (χ2v) is 5.63. The normalized spacial score (nSPS) is 17.4. The lowest BCUT2D eigenvalue weighted by Crippen LogP contribution is -2.47. The van der Waals surface area contributed by atoms with Crippen molar-refractivity contribution in [3.05, 3.63) is 35.4 Å². The molecule has 1 fully saturated rings. The summed E-state index contributed by atoms with van der Waals surface area (Å²) in [5.41, 5.74) is 6.70. The van der Waals surface area contributed by atoms with Gasteiger partial charge in [-0.05, 0) is 30.5 Å². The minimum atomic E-state index is -0.360. The largest absolute Gasteiger partial charge is 0.369 e. The molecule has 0 bridgehead atoms. The van der Waals surface area contributed by atoms with Crippen LogP contribution in [0.2, 0.25) is 0 Å². The Morgan fingerprint density at radius 2 is 2.13 bits per heavy atom. The highest BCUT2D eigenvalue weighted by Gasteiger charge is 2.26. The van der Waals surface area contributed by atoms with Gasteiger partial charge in [-0.3, -0.25) is 9.59 Å². The van der Waals surface area contributed by atoms with Crippen LogP contribution in [-0.4, -0.2) is 42.9 Å². The third-order valence-electron chi connectivity index (χ3n) is 3.97. The van der Waals surface area contributed by atoms with Crippen molar-refractivity contribution in [1.82, 2.24) is 15.5 Å². The number of nitrogens with zero attached hydrogens (tertiary/aromatic N) is 1. The van der Waals surface area contributed by atoms with Gasteiger partial charge in [0, 0.05) is 32.2 Å². The molecule has 1 aliphatic rings. The first-order valence-electron chi connectivity index (χ1n) is 7.64. The van der Waals surface area contributed by atoms with E-state index in [1.54, 1.807) is 30.1 Å². The van der Waals surface area contributed by atoms with E-state index in [0.717, 1.165) is 18.4 Å². The zero-order valence-electron chi connectivity index (χ0n) is 13.2. The predicted octanol–water partition coefficient (Wildman–Crippen LogP) is 0.453. The Kier molecular flexibility index (Phi) is 5.56. The molecule has 2 rings (SSSR count). The highest BCUT2D eigenvalue weighted by molar-refractivity contribution is 5.94. The van der Waals surface area contributed by atoms with E-state index in [-0.39, 0.29) is 23.8 Å². The number of carbonyl (C=O) groups is 3. The van der Waals surface area contributed by atoms with Gasteiger partial charge in [-0.1, -0.05) is 12.1 Å². The fraction of sp³-hybridized carbons (Fsp3) is 0.438. The topological polar surface area (TPSA) is 105 Å². The predicted molar refractivity (Wildman–Crippen MR) is 85.6 cm³/mol. The Labute approximate surface area is 135 Å². The van der Waals surface area contributed by atoms with Gasteiger partial charge in [-0.15, -0.1) is 0 Å². The second kappa shape index (κ2) is 7.62. The van der Waals surface area contributed by atoms with Crippen LogP contribution in [0.3, 0.4) is 0 Å². The lowest BCUT2D eigenvalue weighted by Gasteiger charge is -2.31. The van der Waals surface area contributed by atoms with Crippen molar-refractivity contribution in [2.24, 2.45) is 11.7 Å². The van der Waals surface area contributed by atoms with Crippen LogP contribution >= 0.6 is 0 Å². The number of carbonyl (C=O) groups excluding carboxylic acids is 3. The average Bonchev–Trinajstić information content (AvgIpc) is 2.59. The Balaban J connectivity index is 1.91. The second-order valence-electron chi connectivity index (χ2n) is 5.63. The number of amides is 4. The van der Waals surface area contributed by atoms with Crippen LogP contribution in [0, 0.1) is 5.92 Å². The monoisotopic (exact) mass is 318 g/mol. The van der Waals surface area contributed by atoms with Crippen LogP contribution in [0.25, 0.3) is 0 Å². The first-order valence-corrected chi connectivity index (χ1v) is 7.64. The average molecular weight is 318 g/mol. The summed E-state index contributed by atoms with van der Waals surface area (Å²) in [6, 6.07) is 6.85. The van der Waals surface area contributed by atoms with E-state index in [4.69, 9.17) is 5.73 Å². The SMILES string of the molecule is CNC(=O)c1cccc(CNC(=O)N2CCC[C@H](C(N)=O)C2)c1. The highest BCUT2D eigenvalue weighted by atomic mass is 16.2. The number of piperidine rings is 1. The minimum absolute atomic E-state index is 0.168. The summed E-state index contributed by atoms with van der Waals surface area (Å²) in [6.45, 7) is 1.30. The molecule has 4 N–H and O–H groups in total. The van der Waals surface area contributed by atoms with Crippen molar-refractivity contribution in [3.63, 3.8) is 0 Å². The van der Waals surface area contributed by atoms with Crippen LogP contribution in [0.4, 0.5) is 4.79 Å². The number of benzene rings is 1. The van der Waals surface area contributed by atoms with E-state index in [9.17, 15) is 14.4 Å². The molecule has 1 saturated heterocycles. The number of likely N-dealkylation sites (tertiary alicyclic amines) is 1. The fourth-order valence-corrected chi connectivity index (χ4v) is 2.65. The van der Waals surface area contributed by atoms with E-state index < -0.39 is 0 Å². The summed E-state index contributed by atoms with van der Waals surface area (Å²) in [6.07, 6.45) is 1.50. The van der Waals surface area contributed by atoms with Crippen molar-refractivity contribution >= 4 is 17.8 Å². The standard InChI is InChI=1S/C16H22N4O3/c1-18-15(22)12-5-2-4-11(8-12)9-19-16(23)20-7-3-6-13(10-20)14(17)21/h2,4-5,8,13H,3,6-7,9-10H2,1H3,(H2,17,21)(H,18,22)(H,19,23)/t13-/m0/s1. The molecular formula is C16H22N4O3. The van der Waals surface area contributed by atoms with Gasteiger partial charge in [0.15, 0.2) is 0 Å². The molecule has 124 valence electrons. The number of nitrogens with one attached hydrogen (secondary N) is 2. The molecule has 7 nitrogen and oxygen atoms in total. The Morgan fingerprint density at radius 1 is 1.35 bits per heavy atom. The minimum Gasteiger partial charge on any atom is -0.369 e. The number of urea groups is 1. The van der Waals surface area contributed by atoms with Gasteiger partial charge in [0.25, 0.3) is 5.91 Å². The van der Waals surface area contributed by atoms with Crippen molar-refractivity contribution in [2.45, 2.75) is 19.4 Å². The molecule has 1 aliphatic heterocycles. The van der Waals surface area contributed by atoms with Crippen molar-refractivity contribution in [1.29, 1.82) is 0 Å². The van der Waals surface area contributed by atoms with E-state index in [1.165, 1.54) is 0 Å². The summed E-state index contributed by atoms with van der Waals surface area (Å²) in [5.74, 6) is -0.801. The maximum atomic E-state index is 12.2. The number of primary amides is 1. The molecule has 23 heavy (non-hydrogen) atoms. The summed E-state index contributed by atoms with van der Waals surface area (Å²) in [7, 11) is 1.57. The third-order valence-corrected chi connectivity index (χ3v) is 3.97. The van der Waals surface area contributed by atoms with Gasteiger partial charge in [-0.2, -0.15) is 0 Å². The molecule has 1 aromatic rings. The van der Waals surface area contributed by atoms with Gasteiger partial charge in [-0.25, -0.2) is 4.79 Å². The van der Waals surface area contributed by atoms with E-state index in [2.05, 4.69) is 10.6 Å². The van der Waals surface area contributed by atoms with Gasteiger partial charge in [0.2, 0.25) is 5.91 Å². The van der Waals surface area contributed by atoms with E-state index in [1.807, 2.05) is 6.07 Å². The van der Waals surface area contributed by atoms with Crippen LogP contribution < -0.4 is 16.4 Å². The van der Waals surface area contributed by atoms with Crippen molar-refractivity contribution < 1.29 is 14.4 Å². The molecule has 0 spiro atoms. The third kappa shape index (κ3) is 4.45. The molecule has 4 amide bonds. The Morgan fingerprint density at radius 3 is 2.83 bits per heavy atom. The summed E-state index contributed by atoms with van der Waals surface area (Å²) < 4.78 is 0. The Hall–Kier alpha value is -2.57. The highest BCUT2D eigenvalue weighted by Crippen LogP contribution is 2.16. The lowest BCUT2D eigenvalue weighted by molar-refractivity contribution is -0.123. The smallest absolute Gasteiger partial charge is 0.317 e. The molecule has 0 saturated carbocycles. The Bertz CT molecular complexity index is 603. The first-order chi connectivity index (χ1) is 11.0. The van der Waals surface area contributed by atoms with Crippen molar-refractivity contribution in [2.75, 3.05) is 20.1 Å². The zero-order valence-corrected chi connectivity index (χ0v) is 13.2. The van der Waals surface area contributed by atoms with Gasteiger partial charge in [0.05, 0.1) is 5.92 Å². The number of rotatable bonds is 4. The maximum absolute atomic E-state index is 12.2. The molecule has 1 aromatic carbocycles. The maximum Gasteiger partial charge on any atom is 0.317 e. The number of hydrogen-bond acceptors (Lipinski definition) is 3. The first kappa shape index (κ1) is 16.8. The molecule has 7 heteroatoms. The molecule has 0 aliphatic carbocycles. The van der Waals surface area contributed by atoms with Gasteiger partial charge < -0.3 is 21.3 Å². The van der Waals surface area contributed by atoms with Crippen molar-refractivity contribution in [3.8, 4) is 0 Å². The summed E-state index contributed by atoms with van der Waals surface area (Å²) >= 11 is 0. The lowest BCUT2D eigenvalue weighted by atomic mass is 9.98. The van der Waals surface area contributed by atoms with Gasteiger partial charge in [0.1, 0.15) is 0 Å². The molecular weight excluding hydrogens is 296 g/mol. The molecule has 1 heterocycles. The molecule has 0 radical (unpaired) electrons. The van der Waals surface area contributed by atoms with Crippen LogP contribution in [0.1, 0.15) is 28.8 Å². The molecule has 0 aromatic heterocycles. The van der Waals surface area contributed by atoms with Crippen LogP contribution in [0.15, 0.2) is 24.3 Å². The van der Waals surface area contributed by atoms with Gasteiger partial charge >= 0.3 is 6.03 Å². The molecule has 0 unspecified atom stereocenters. The van der Waals surface area contributed by atoms with Crippen LogP contribution in [-0.2, 0) is 11.3 Å². The van der Waals surface area contributed by atoms with E-state index >= 15 is 0 Å².